The molecular formula is C23H26N4O3. The Bertz CT molecular complexity index is 1040. The van der Waals surface area contributed by atoms with Crippen molar-refractivity contribution in [3.8, 4) is 0 Å². The van der Waals surface area contributed by atoms with Crippen LogP contribution in [0.4, 0.5) is 5.69 Å². The number of anilines is 1. The van der Waals surface area contributed by atoms with Crippen molar-refractivity contribution in [2.75, 3.05) is 32.0 Å². The van der Waals surface area contributed by atoms with E-state index in [1.165, 1.54) is 0 Å². The highest BCUT2D eigenvalue weighted by atomic mass is 16.3. The number of nitrogens with one attached hydrogen (secondary N) is 2. The van der Waals surface area contributed by atoms with Gasteiger partial charge in [0.15, 0.2) is 11.5 Å². The van der Waals surface area contributed by atoms with Gasteiger partial charge in [-0.2, -0.15) is 0 Å². The van der Waals surface area contributed by atoms with Gasteiger partial charge in [0.2, 0.25) is 5.91 Å². The zero-order chi connectivity index (χ0) is 21.1. The molecule has 1 unspecified atom stereocenters. The summed E-state index contributed by atoms with van der Waals surface area (Å²) in [5.74, 6) is 0.399. The Morgan fingerprint density at radius 2 is 2.07 bits per heavy atom. The van der Waals surface area contributed by atoms with Gasteiger partial charge in [-0.25, -0.2) is 4.98 Å². The van der Waals surface area contributed by atoms with Crippen molar-refractivity contribution in [1.29, 1.82) is 0 Å². The van der Waals surface area contributed by atoms with Crippen molar-refractivity contribution in [1.82, 2.24) is 15.2 Å². The van der Waals surface area contributed by atoms with Crippen LogP contribution >= 0.6 is 0 Å². The average molecular weight is 406 g/mol. The highest BCUT2D eigenvalue weighted by Crippen LogP contribution is 2.21. The van der Waals surface area contributed by atoms with Crippen LogP contribution in [0.1, 0.15) is 28.2 Å². The Morgan fingerprint density at radius 3 is 2.83 bits per heavy atom. The number of aromatic nitrogens is 1. The topological polar surface area (TPSA) is 87.5 Å². The summed E-state index contributed by atoms with van der Waals surface area (Å²) in [5.41, 5.74) is 3.67. The SMILES string of the molecule is Cc1ccc(C(=O)NCCc2nc3ccccc3o2)cc1NC(=O)C1CCN(C)C1. The minimum absolute atomic E-state index is 0.0102. The number of benzene rings is 2. The molecule has 0 bridgehead atoms. The molecule has 1 aliphatic rings. The van der Waals surface area contributed by atoms with Crippen LogP contribution in [0.15, 0.2) is 46.9 Å². The van der Waals surface area contributed by atoms with E-state index in [1.807, 2.05) is 44.3 Å². The highest BCUT2D eigenvalue weighted by Gasteiger charge is 2.26. The highest BCUT2D eigenvalue weighted by molar-refractivity contribution is 5.98. The molecule has 7 heteroatoms. The number of nitrogens with zero attached hydrogens (tertiary/aromatic N) is 2. The van der Waals surface area contributed by atoms with Crippen molar-refractivity contribution in [2.45, 2.75) is 19.8 Å². The summed E-state index contributed by atoms with van der Waals surface area (Å²) in [5, 5.41) is 5.89. The fraction of sp³-hybridized carbons (Fsp3) is 0.348. The van der Waals surface area contributed by atoms with Crippen molar-refractivity contribution < 1.29 is 14.0 Å². The van der Waals surface area contributed by atoms with Gasteiger partial charge in [-0.1, -0.05) is 18.2 Å². The van der Waals surface area contributed by atoms with Gasteiger partial charge in [0, 0.05) is 30.8 Å². The maximum atomic E-state index is 12.6. The third kappa shape index (κ3) is 4.52. The molecule has 1 aromatic heterocycles. The van der Waals surface area contributed by atoms with Gasteiger partial charge < -0.3 is 20.0 Å². The molecule has 2 amide bonds. The van der Waals surface area contributed by atoms with Gasteiger partial charge in [0.1, 0.15) is 5.52 Å². The predicted molar refractivity (Wildman–Crippen MR) is 115 cm³/mol. The van der Waals surface area contributed by atoms with Crippen LogP contribution in [0.2, 0.25) is 0 Å². The van der Waals surface area contributed by atoms with Crippen molar-refractivity contribution in [2.24, 2.45) is 5.92 Å². The van der Waals surface area contributed by atoms with E-state index in [0.717, 1.165) is 36.2 Å². The van der Waals surface area contributed by atoms with Gasteiger partial charge in [-0.3, -0.25) is 9.59 Å². The molecule has 2 aromatic carbocycles. The normalized spacial score (nSPS) is 16.7. The molecule has 3 aromatic rings. The van der Waals surface area contributed by atoms with Gasteiger partial charge in [0.25, 0.3) is 5.91 Å². The second-order valence-corrected chi connectivity index (χ2v) is 7.85. The number of aryl methyl sites for hydroxylation is 1. The summed E-state index contributed by atoms with van der Waals surface area (Å²) in [6.07, 6.45) is 1.36. The third-order valence-corrected chi connectivity index (χ3v) is 5.48. The van der Waals surface area contributed by atoms with E-state index < -0.39 is 0 Å². The first-order valence-corrected chi connectivity index (χ1v) is 10.2. The molecule has 1 atom stereocenters. The molecule has 0 aliphatic carbocycles. The van der Waals surface area contributed by atoms with E-state index in [-0.39, 0.29) is 17.7 Å². The van der Waals surface area contributed by atoms with Gasteiger partial charge in [-0.15, -0.1) is 0 Å². The van der Waals surface area contributed by atoms with E-state index in [1.54, 1.807) is 12.1 Å². The zero-order valence-corrected chi connectivity index (χ0v) is 17.3. The molecule has 2 heterocycles. The van der Waals surface area contributed by atoms with Crippen LogP contribution in [0, 0.1) is 12.8 Å². The van der Waals surface area contributed by atoms with Gasteiger partial charge in [0.05, 0.1) is 5.92 Å². The van der Waals surface area contributed by atoms with Crippen LogP contribution in [0.25, 0.3) is 11.1 Å². The lowest BCUT2D eigenvalue weighted by Gasteiger charge is -2.14. The number of carbonyl (C=O) groups excluding carboxylic acids is 2. The lowest BCUT2D eigenvalue weighted by atomic mass is 10.1. The zero-order valence-electron chi connectivity index (χ0n) is 17.3. The minimum atomic E-state index is -0.192. The van der Waals surface area contributed by atoms with E-state index >= 15 is 0 Å². The molecule has 156 valence electrons. The Hall–Kier alpha value is -3.19. The Kier molecular flexibility index (Phi) is 5.81. The number of rotatable bonds is 6. The first kappa shape index (κ1) is 20.1. The Morgan fingerprint density at radius 1 is 1.23 bits per heavy atom. The summed E-state index contributed by atoms with van der Waals surface area (Å²) in [7, 11) is 2.02. The summed E-state index contributed by atoms with van der Waals surface area (Å²) in [6, 6.07) is 12.9. The minimum Gasteiger partial charge on any atom is -0.441 e. The molecule has 2 N–H and O–H groups in total. The lowest BCUT2D eigenvalue weighted by molar-refractivity contribution is -0.119. The molecule has 1 aliphatic heterocycles. The molecule has 0 spiro atoms. The van der Waals surface area contributed by atoms with Crippen LogP contribution in [0.3, 0.4) is 0 Å². The standard InChI is InChI=1S/C23H26N4O3/c1-15-7-8-16(13-19(15)26-23(29)17-10-12-27(2)14-17)22(28)24-11-9-21-25-18-5-3-4-6-20(18)30-21/h3-8,13,17H,9-12,14H2,1-2H3,(H,24,28)(H,26,29). The molecule has 1 saturated heterocycles. The quantitative estimate of drug-likeness (QED) is 0.657. The number of carbonyl (C=O) groups is 2. The molecule has 0 saturated carbocycles. The van der Waals surface area contributed by atoms with E-state index in [9.17, 15) is 9.59 Å². The second-order valence-electron chi connectivity index (χ2n) is 7.85. The van der Waals surface area contributed by atoms with E-state index in [4.69, 9.17) is 4.42 Å². The molecule has 7 nitrogen and oxygen atoms in total. The number of amides is 2. The Balaban J connectivity index is 1.35. The smallest absolute Gasteiger partial charge is 0.251 e. The predicted octanol–water partition coefficient (Wildman–Crippen LogP) is 3.00. The van der Waals surface area contributed by atoms with Crippen molar-refractivity contribution >= 4 is 28.6 Å². The second kappa shape index (κ2) is 8.67. The molecule has 0 radical (unpaired) electrons. The molecule has 1 fully saturated rings. The number of fused-ring (bicyclic) bond motifs is 1. The van der Waals surface area contributed by atoms with Crippen LogP contribution in [0.5, 0.6) is 0 Å². The first-order chi connectivity index (χ1) is 14.5. The van der Waals surface area contributed by atoms with Crippen LogP contribution < -0.4 is 10.6 Å². The van der Waals surface area contributed by atoms with Crippen LogP contribution in [-0.2, 0) is 11.2 Å². The summed E-state index contributed by atoms with van der Waals surface area (Å²) < 4.78 is 5.68. The summed E-state index contributed by atoms with van der Waals surface area (Å²) in [6.45, 7) is 4.03. The number of para-hydroxylation sites is 2. The summed E-state index contributed by atoms with van der Waals surface area (Å²) >= 11 is 0. The first-order valence-electron chi connectivity index (χ1n) is 10.2. The maximum Gasteiger partial charge on any atom is 0.251 e. The fourth-order valence-corrected chi connectivity index (χ4v) is 3.69. The van der Waals surface area contributed by atoms with Gasteiger partial charge >= 0.3 is 0 Å². The fourth-order valence-electron chi connectivity index (χ4n) is 3.69. The largest absolute Gasteiger partial charge is 0.441 e. The molecule has 30 heavy (non-hydrogen) atoms. The van der Waals surface area contributed by atoms with Crippen LogP contribution in [-0.4, -0.2) is 48.4 Å². The summed E-state index contributed by atoms with van der Waals surface area (Å²) in [4.78, 5) is 31.7. The van der Waals surface area contributed by atoms with Crippen molar-refractivity contribution in [3.63, 3.8) is 0 Å². The maximum absolute atomic E-state index is 12.6. The van der Waals surface area contributed by atoms with E-state index in [2.05, 4.69) is 20.5 Å². The monoisotopic (exact) mass is 406 g/mol. The number of hydrogen-bond donors (Lipinski definition) is 2. The average Bonchev–Trinajstić information content (AvgIpc) is 3.35. The number of likely N-dealkylation sites (tertiary alicyclic amines) is 1. The molecular weight excluding hydrogens is 380 g/mol. The molecule has 4 rings (SSSR count). The number of oxazole rings is 1. The van der Waals surface area contributed by atoms with E-state index in [0.29, 0.717) is 30.1 Å². The number of hydrogen-bond acceptors (Lipinski definition) is 5. The van der Waals surface area contributed by atoms with Gasteiger partial charge in [-0.05, 0) is 56.8 Å². The lowest BCUT2D eigenvalue weighted by Crippen LogP contribution is -2.27. The van der Waals surface area contributed by atoms with Crippen molar-refractivity contribution in [3.05, 3.63) is 59.5 Å². The Labute approximate surface area is 175 Å². The third-order valence-electron chi connectivity index (χ3n) is 5.48.